The minimum Gasteiger partial charge on any atom is -0.457 e. The van der Waals surface area contributed by atoms with Gasteiger partial charge in [-0.2, -0.15) is 0 Å². The molecule has 1 aliphatic heterocycles. The van der Waals surface area contributed by atoms with E-state index in [0.717, 1.165) is 51.3 Å². The summed E-state index contributed by atoms with van der Waals surface area (Å²) in [6, 6.07) is 9.86. The summed E-state index contributed by atoms with van der Waals surface area (Å²) in [6.07, 6.45) is 9.99. The van der Waals surface area contributed by atoms with Crippen molar-refractivity contribution in [1.29, 1.82) is 5.41 Å². The van der Waals surface area contributed by atoms with Crippen molar-refractivity contribution in [3.8, 4) is 0 Å². The molecule has 5 heteroatoms. The number of nitrogens with zero attached hydrogens (tertiary/aromatic N) is 2. The average molecular weight is 354 g/mol. The highest BCUT2D eigenvalue weighted by Crippen LogP contribution is 2.22. The van der Waals surface area contributed by atoms with Crippen LogP contribution in [0.2, 0.25) is 0 Å². The highest BCUT2D eigenvalue weighted by atomic mass is 16.5. The molecule has 0 aromatic heterocycles. The topological polar surface area (TPSA) is 65.6 Å². The first-order valence-electron chi connectivity index (χ1n) is 9.56. The zero-order valence-corrected chi connectivity index (χ0v) is 15.4. The zero-order valence-electron chi connectivity index (χ0n) is 15.4. The second-order valence-electron chi connectivity index (χ2n) is 7.05. The molecule has 1 unspecified atom stereocenters. The quantitative estimate of drug-likeness (QED) is 0.584. The maximum Gasteiger partial charge on any atom is 0.279 e. The Morgan fingerprint density at radius 2 is 1.81 bits per heavy atom. The molecular weight excluding hydrogens is 324 g/mol. The van der Waals surface area contributed by atoms with E-state index in [1.54, 1.807) is 0 Å². The molecule has 3 N–H and O–H groups in total. The summed E-state index contributed by atoms with van der Waals surface area (Å²) >= 11 is 0. The molecule has 26 heavy (non-hydrogen) atoms. The van der Waals surface area contributed by atoms with Crippen LogP contribution in [0.3, 0.4) is 0 Å². The highest BCUT2D eigenvalue weighted by molar-refractivity contribution is 5.67. The third-order valence-electron chi connectivity index (χ3n) is 5.09. The molecule has 140 valence electrons. The van der Waals surface area contributed by atoms with E-state index in [1.807, 2.05) is 30.3 Å². The van der Waals surface area contributed by atoms with Gasteiger partial charge in [-0.15, -0.1) is 0 Å². The Morgan fingerprint density at radius 3 is 2.46 bits per heavy atom. The molecule has 2 aliphatic rings. The number of amidine groups is 1. The number of allylic oxidation sites excluding steroid dienone is 2. The number of ether oxygens (including phenoxy) is 1. The van der Waals surface area contributed by atoms with E-state index in [-0.39, 0.29) is 12.1 Å². The predicted octanol–water partition coefficient (Wildman–Crippen LogP) is 2.92. The van der Waals surface area contributed by atoms with Crippen LogP contribution >= 0.6 is 0 Å². The Labute approximate surface area is 156 Å². The fourth-order valence-electron chi connectivity index (χ4n) is 3.63. The fourth-order valence-corrected chi connectivity index (χ4v) is 3.63. The SMILES string of the molecule is N=C(N)OC(CCN1CCN(CC2=CCCC=C2)CC1)c1ccccc1. The van der Waals surface area contributed by atoms with Crippen molar-refractivity contribution >= 4 is 6.02 Å². The van der Waals surface area contributed by atoms with Crippen LogP contribution in [0, 0.1) is 5.41 Å². The minimum absolute atomic E-state index is 0.149. The normalized spacial score (nSPS) is 19.8. The summed E-state index contributed by atoms with van der Waals surface area (Å²) < 4.78 is 5.56. The van der Waals surface area contributed by atoms with Crippen molar-refractivity contribution in [3.63, 3.8) is 0 Å². The Kier molecular flexibility index (Phi) is 6.86. The van der Waals surface area contributed by atoms with Crippen LogP contribution in [-0.2, 0) is 4.74 Å². The molecule has 1 saturated heterocycles. The Balaban J connectivity index is 1.45. The van der Waals surface area contributed by atoms with Crippen LogP contribution in [0.1, 0.15) is 30.9 Å². The number of piperazine rings is 1. The Hall–Kier alpha value is -2.11. The van der Waals surface area contributed by atoms with Gasteiger partial charge in [-0.3, -0.25) is 10.3 Å². The Morgan fingerprint density at radius 1 is 1.08 bits per heavy atom. The van der Waals surface area contributed by atoms with Gasteiger partial charge >= 0.3 is 0 Å². The molecule has 0 amide bonds. The molecule has 5 nitrogen and oxygen atoms in total. The van der Waals surface area contributed by atoms with Crippen LogP contribution in [-0.4, -0.2) is 55.1 Å². The van der Waals surface area contributed by atoms with Crippen molar-refractivity contribution in [3.05, 3.63) is 59.7 Å². The van der Waals surface area contributed by atoms with Crippen LogP contribution in [0.4, 0.5) is 0 Å². The molecule has 1 fully saturated rings. The number of hydrogen-bond donors (Lipinski definition) is 2. The van der Waals surface area contributed by atoms with Crippen LogP contribution in [0.15, 0.2) is 54.1 Å². The lowest BCUT2D eigenvalue weighted by molar-refractivity contribution is 0.110. The summed E-state index contributed by atoms with van der Waals surface area (Å²) in [7, 11) is 0. The summed E-state index contributed by atoms with van der Waals surface area (Å²) in [5.74, 6) is 0. The van der Waals surface area contributed by atoms with Crippen molar-refractivity contribution < 1.29 is 4.74 Å². The lowest BCUT2D eigenvalue weighted by Gasteiger charge is -2.35. The van der Waals surface area contributed by atoms with Crippen LogP contribution in [0.5, 0.6) is 0 Å². The molecule has 1 aromatic rings. The molecule has 0 saturated carbocycles. The summed E-state index contributed by atoms with van der Waals surface area (Å²) in [5, 5.41) is 7.47. The summed E-state index contributed by atoms with van der Waals surface area (Å²) in [5.41, 5.74) is 8.02. The smallest absolute Gasteiger partial charge is 0.279 e. The molecule has 0 bridgehead atoms. The first-order valence-corrected chi connectivity index (χ1v) is 9.56. The van der Waals surface area contributed by atoms with E-state index in [2.05, 4.69) is 28.0 Å². The number of nitrogens with one attached hydrogen (secondary N) is 1. The molecule has 1 aliphatic carbocycles. The maximum atomic E-state index is 7.47. The number of nitrogens with two attached hydrogens (primary N) is 1. The highest BCUT2D eigenvalue weighted by Gasteiger charge is 2.20. The number of rotatable bonds is 7. The van der Waals surface area contributed by atoms with Gasteiger partial charge in [0, 0.05) is 45.7 Å². The van der Waals surface area contributed by atoms with E-state index in [0.29, 0.717) is 0 Å². The Bertz CT molecular complexity index is 633. The van der Waals surface area contributed by atoms with E-state index in [9.17, 15) is 0 Å². The van der Waals surface area contributed by atoms with E-state index in [4.69, 9.17) is 15.9 Å². The van der Waals surface area contributed by atoms with Gasteiger partial charge in [0.15, 0.2) is 0 Å². The number of benzene rings is 1. The monoisotopic (exact) mass is 354 g/mol. The van der Waals surface area contributed by atoms with Crippen LogP contribution < -0.4 is 5.73 Å². The van der Waals surface area contributed by atoms with Crippen LogP contribution in [0.25, 0.3) is 0 Å². The second-order valence-corrected chi connectivity index (χ2v) is 7.05. The van der Waals surface area contributed by atoms with Crippen molar-refractivity contribution in [1.82, 2.24) is 9.80 Å². The molecular formula is C21H30N4O. The van der Waals surface area contributed by atoms with Gasteiger partial charge in [0.05, 0.1) is 0 Å². The van der Waals surface area contributed by atoms with Crippen molar-refractivity contribution in [2.75, 3.05) is 39.3 Å². The predicted molar refractivity (Wildman–Crippen MR) is 106 cm³/mol. The molecule has 1 heterocycles. The van der Waals surface area contributed by atoms with Gasteiger partial charge < -0.3 is 15.4 Å². The average Bonchev–Trinajstić information content (AvgIpc) is 2.67. The molecule has 0 radical (unpaired) electrons. The first-order chi connectivity index (χ1) is 12.7. The van der Waals surface area contributed by atoms with Crippen molar-refractivity contribution in [2.45, 2.75) is 25.4 Å². The third kappa shape index (κ3) is 5.71. The van der Waals surface area contributed by atoms with E-state index >= 15 is 0 Å². The van der Waals surface area contributed by atoms with Gasteiger partial charge in [0.1, 0.15) is 6.10 Å². The zero-order chi connectivity index (χ0) is 18.2. The fraction of sp³-hybridized carbons (Fsp3) is 0.476. The van der Waals surface area contributed by atoms with E-state index in [1.165, 1.54) is 18.4 Å². The standard InChI is InChI=1S/C21H30N4O/c22-21(23)26-20(19-9-5-2-6-10-19)11-12-24-13-15-25(16-14-24)17-18-7-3-1-4-8-18/h2-3,5-10,20H,1,4,11-17H2,(H3,22,23). The lowest BCUT2D eigenvalue weighted by Crippen LogP contribution is -2.47. The molecule has 3 rings (SSSR count). The largest absolute Gasteiger partial charge is 0.457 e. The summed E-state index contributed by atoms with van der Waals surface area (Å²) in [6.45, 7) is 6.41. The first kappa shape index (κ1) is 18.7. The second kappa shape index (κ2) is 9.55. The lowest BCUT2D eigenvalue weighted by atomic mass is 10.1. The van der Waals surface area contributed by atoms with Gasteiger partial charge in [0.25, 0.3) is 6.02 Å². The van der Waals surface area contributed by atoms with Gasteiger partial charge in [-0.05, 0) is 24.0 Å². The van der Waals surface area contributed by atoms with Gasteiger partial charge in [-0.1, -0.05) is 48.6 Å². The molecule has 1 aromatic carbocycles. The third-order valence-corrected chi connectivity index (χ3v) is 5.09. The molecule has 1 atom stereocenters. The van der Waals surface area contributed by atoms with E-state index < -0.39 is 0 Å². The minimum atomic E-state index is -0.211. The molecule has 0 spiro atoms. The number of hydrogen-bond acceptors (Lipinski definition) is 4. The maximum absolute atomic E-state index is 7.47. The van der Waals surface area contributed by atoms with Gasteiger partial charge in [0.2, 0.25) is 0 Å². The van der Waals surface area contributed by atoms with Gasteiger partial charge in [-0.25, -0.2) is 0 Å². The van der Waals surface area contributed by atoms with Crippen molar-refractivity contribution in [2.24, 2.45) is 5.73 Å². The summed E-state index contributed by atoms with van der Waals surface area (Å²) in [4.78, 5) is 5.03.